The SMILES string of the molecule is COc1ccc(CNC(=O)c2ccc(Cl)cc2Br)cc1. The molecule has 0 spiro atoms. The van der Waals surface area contributed by atoms with Gasteiger partial charge < -0.3 is 10.1 Å². The highest BCUT2D eigenvalue weighted by atomic mass is 79.9. The van der Waals surface area contributed by atoms with Crippen molar-refractivity contribution in [2.24, 2.45) is 0 Å². The first-order valence-electron chi connectivity index (χ1n) is 5.96. The molecular formula is C15H13BrClNO2. The van der Waals surface area contributed by atoms with Gasteiger partial charge in [-0.2, -0.15) is 0 Å². The molecule has 2 aromatic carbocycles. The minimum Gasteiger partial charge on any atom is -0.497 e. The Bertz CT molecular complexity index is 614. The molecule has 0 aromatic heterocycles. The van der Waals surface area contributed by atoms with E-state index in [0.717, 1.165) is 11.3 Å². The Morgan fingerprint density at radius 3 is 2.55 bits per heavy atom. The standard InChI is InChI=1S/C15H13BrClNO2/c1-20-12-5-2-10(3-6-12)9-18-15(19)13-7-4-11(17)8-14(13)16/h2-8H,9H2,1H3,(H,18,19). The van der Waals surface area contributed by atoms with Crippen LogP contribution >= 0.6 is 27.5 Å². The van der Waals surface area contributed by atoms with E-state index < -0.39 is 0 Å². The first-order chi connectivity index (χ1) is 9.60. The van der Waals surface area contributed by atoms with Crippen molar-refractivity contribution in [1.82, 2.24) is 5.32 Å². The maximum atomic E-state index is 12.1. The van der Waals surface area contributed by atoms with E-state index in [-0.39, 0.29) is 5.91 Å². The Balaban J connectivity index is 2.00. The molecule has 5 heteroatoms. The Morgan fingerprint density at radius 1 is 1.25 bits per heavy atom. The van der Waals surface area contributed by atoms with Gasteiger partial charge in [0.2, 0.25) is 0 Å². The third-order valence-corrected chi connectivity index (χ3v) is 3.68. The fraction of sp³-hybridized carbons (Fsp3) is 0.133. The van der Waals surface area contributed by atoms with Gasteiger partial charge in [0.25, 0.3) is 5.91 Å². The summed E-state index contributed by atoms with van der Waals surface area (Å²) in [6.45, 7) is 0.456. The molecule has 0 saturated carbocycles. The lowest BCUT2D eigenvalue weighted by Crippen LogP contribution is -2.23. The second kappa shape index (κ2) is 6.77. The number of hydrogen-bond acceptors (Lipinski definition) is 2. The number of methoxy groups -OCH3 is 1. The highest BCUT2D eigenvalue weighted by molar-refractivity contribution is 9.10. The second-order valence-corrected chi connectivity index (χ2v) is 5.45. The predicted molar refractivity (Wildman–Crippen MR) is 83.3 cm³/mol. The summed E-state index contributed by atoms with van der Waals surface area (Å²) in [6.07, 6.45) is 0. The number of ether oxygens (including phenoxy) is 1. The van der Waals surface area contributed by atoms with E-state index in [1.165, 1.54) is 0 Å². The summed E-state index contributed by atoms with van der Waals surface area (Å²) in [4.78, 5) is 12.1. The number of amides is 1. The molecule has 0 aliphatic carbocycles. The number of hydrogen-bond donors (Lipinski definition) is 1. The molecule has 2 aromatic rings. The minimum absolute atomic E-state index is 0.149. The lowest BCUT2D eigenvalue weighted by Gasteiger charge is -2.08. The highest BCUT2D eigenvalue weighted by Gasteiger charge is 2.09. The molecule has 0 aliphatic rings. The van der Waals surface area contributed by atoms with Crippen LogP contribution in [-0.2, 0) is 6.54 Å². The Labute approximate surface area is 131 Å². The Morgan fingerprint density at radius 2 is 1.95 bits per heavy atom. The van der Waals surface area contributed by atoms with Crippen molar-refractivity contribution in [1.29, 1.82) is 0 Å². The zero-order valence-corrected chi connectivity index (χ0v) is 13.2. The molecule has 1 amide bonds. The maximum Gasteiger partial charge on any atom is 0.252 e. The topological polar surface area (TPSA) is 38.3 Å². The summed E-state index contributed by atoms with van der Waals surface area (Å²) in [5, 5.41) is 3.45. The molecule has 0 saturated heterocycles. The summed E-state index contributed by atoms with van der Waals surface area (Å²) in [5.41, 5.74) is 1.56. The Hall–Kier alpha value is -1.52. The molecule has 0 unspecified atom stereocenters. The van der Waals surface area contributed by atoms with Crippen molar-refractivity contribution < 1.29 is 9.53 Å². The van der Waals surface area contributed by atoms with Gasteiger partial charge in [0.1, 0.15) is 5.75 Å². The number of halogens is 2. The first-order valence-corrected chi connectivity index (χ1v) is 7.13. The monoisotopic (exact) mass is 353 g/mol. The Kier molecular flexibility index (Phi) is 5.04. The summed E-state index contributed by atoms with van der Waals surface area (Å²) >= 11 is 9.18. The predicted octanol–water partition coefficient (Wildman–Crippen LogP) is 4.04. The maximum absolute atomic E-state index is 12.1. The van der Waals surface area contributed by atoms with Crippen molar-refractivity contribution >= 4 is 33.4 Å². The largest absolute Gasteiger partial charge is 0.497 e. The van der Waals surface area contributed by atoms with Crippen LogP contribution in [0.2, 0.25) is 5.02 Å². The van der Waals surface area contributed by atoms with E-state index in [1.807, 2.05) is 24.3 Å². The second-order valence-electron chi connectivity index (χ2n) is 4.15. The normalized spacial score (nSPS) is 10.2. The molecule has 104 valence electrons. The van der Waals surface area contributed by atoms with Gasteiger partial charge in [-0.3, -0.25) is 4.79 Å². The fourth-order valence-corrected chi connectivity index (χ4v) is 2.56. The molecule has 3 nitrogen and oxygen atoms in total. The first kappa shape index (κ1) is 14.9. The van der Waals surface area contributed by atoms with E-state index in [4.69, 9.17) is 16.3 Å². The van der Waals surface area contributed by atoms with Gasteiger partial charge in [-0.1, -0.05) is 23.7 Å². The van der Waals surface area contributed by atoms with Gasteiger partial charge in [-0.25, -0.2) is 0 Å². The number of carbonyl (C=O) groups is 1. The van der Waals surface area contributed by atoms with Gasteiger partial charge in [0, 0.05) is 16.0 Å². The van der Waals surface area contributed by atoms with E-state index in [0.29, 0.717) is 21.6 Å². The van der Waals surface area contributed by atoms with Crippen LogP contribution < -0.4 is 10.1 Å². The molecule has 0 aliphatic heterocycles. The van der Waals surface area contributed by atoms with Crippen molar-refractivity contribution in [2.75, 3.05) is 7.11 Å². The zero-order valence-electron chi connectivity index (χ0n) is 10.8. The van der Waals surface area contributed by atoms with Crippen molar-refractivity contribution in [3.63, 3.8) is 0 Å². The van der Waals surface area contributed by atoms with Crippen LogP contribution in [0.5, 0.6) is 5.75 Å². The quantitative estimate of drug-likeness (QED) is 0.900. The van der Waals surface area contributed by atoms with Crippen LogP contribution in [0.3, 0.4) is 0 Å². The van der Waals surface area contributed by atoms with Crippen LogP contribution in [0.25, 0.3) is 0 Å². The number of rotatable bonds is 4. The fourth-order valence-electron chi connectivity index (χ4n) is 1.69. The molecule has 0 fully saturated rings. The third kappa shape index (κ3) is 3.74. The average Bonchev–Trinajstić information content (AvgIpc) is 2.45. The summed E-state index contributed by atoms with van der Waals surface area (Å²) in [7, 11) is 1.62. The van der Waals surface area contributed by atoms with E-state index in [2.05, 4.69) is 21.2 Å². The van der Waals surface area contributed by atoms with Crippen LogP contribution in [0.1, 0.15) is 15.9 Å². The minimum atomic E-state index is -0.149. The van der Waals surface area contributed by atoms with Gasteiger partial charge in [-0.15, -0.1) is 0 Å². The van der Waals surface area contributed by atoms with E-state index in [9.17, 15) is 4.79 Å². The van der Waals surface area contributed by atoms with E-state index in [1.54, 1.807) is 25.3 Å². The number of carbonyl (C=O) groups excluding carboxylic acids is 1. The third-order valence-electron chi connectivity index (χ3n) is 2.79. The smallest absolute Gasteiger partial charge is 0.252 e. The number of benzene rings is 2. The molecule has 0 heterocycles. The van der Waals surface area contributed by atoms with Crippen LogP contribution in [0.15, 0.2) is 46.9 Å². The molecule has 2 rings (SSSR count). The summed E-state index contributed by atoms with van der Waals surface area (Å²) in [5.74, 6) is 0.643. The molecule has 0 radical (unpaired) electrons. The molecule has 20 heavy (non-hydrogen) atoms. The van der Waals surface area contributed by atoms with Gasteiger partial charge >= 0.3 is 0 Å². The molecule has 1 N–H and O–H groups in total. The summed E-state index contributed by atoms with van der Waals surface area (Å²) < 4.78 is 5.76. The zero-order chi connectivity index (χ0) is 14.5. The lowest BCUT2D eigenvalue weighted by atomic mass is 10.2. The van der Waals surface area contributed by atoms with Gasteiger partial charge in [-0.05, 0) is 51.8 Å². The van der Waals surface area contributed by atoms with Gasteiger partial charge in [0.05, 0.1) is 12.7 Å². The van der Waals surface area contributed by atoms with Crippen LogP contribution in [-0.4, -0.2) is 13.0 Å². The average molecular weight is 355 g/mol. The molecule has 0 bridgehead atoms. The van der Waals surface area contributed by atoms with Crippen molar-refractivity contribution in [3.8, 4) is 5.75 Å². The van der Waals surface area contributed by atoms with Crippen molar-refractivity contribution in [2.45, 2.75) is 6.54 Å². The lowest BCUT2D eigenvalue weighted by molar-refractivity contribution is 0.0950. The number of nitrogens with one attached hydrogen (secondary N) is 1. The summed E-state index contributed by atoms with van der Waals surface area (Å²) in [6, 6.07) is 12.6. The van der Waals surface area contributed by atoms with Crippen molar-refractivity contribution in [3.05, 3.63) is 63.1 Å². The van der Waals surface area contributed by atoms with E-state index >= 15 is 0 Å². The van der Waals surface area contributed by atoms with Gasteiger partial charge in [0.15, 0.2) is 0 Å². The molecular weight excluding hydrogens is 342 g/mol. The highest BCUT2D eigenvalue weighted by Crippen LogP contribution is 2.21. The van der Waals surface area contributed by atoms with Crippen LogP contribution in [0.4, 0.5) is 0 Å². The molecule has 0 atom stereocenters. The van der Waals surface area contributed by atoms with Crippen LogP contribution in [0, 0.1) is 0 Å².